The van der Waals surface area contributed by atoms with E-state index in [-0.39, 0.29) is 5.91 Å². The van der Waals surface area contributed by atoms with E-state index in [1.165, 1.54) is 11.4 Å². The van der Waals surface area contributed by atoms with Gasteiger partial charge in [0.2, 0.25) is 10.0 Å². The third-order valence-corrected chi connectivity index (χ3v) is 4.80. The molecule has 0 atom stereocenters. The summed E-state index contributed by atoms with van der Waals surface area (Å²) in [7, 11) is -1.87. The molecule has 2 rings (SSSR count). The highest BCUT2D eigenvalue weighted by Gasteiger charge is 2.16. The molecule has 23 heavy (non-hydrogen) atoms. The lowest BCUT2D eigenvalue weighted by Gasteiger charge is -2.19. The van der Waals surface area contributed by atoms with Gasteiger partial charge < -0.3 is 5.32 Å². The number of benzene rings is 2. The van der Waals surface area contributed by atoms with Crippen LogP contribution in [0.4, 0.5) is 11.4 Å². The van der Waals surface area contributed by atoms with Crippen LogP contribution in [0.3, 0.4) is 0 Å². The summed E-state index contributed by atoms with van der Waals surface area (Å²) in [5.41, 5.74) is 2.26. The largest absolute Gasteiger partial charge is 0.322 e. The summed E-state index contributed by atoms with van der Waals surface area (Å²) in [4.78, 5) is 12.3. The number of nitrogens with one attached hydrogen (secondary N) is 1. The van der Waals surface area contributed by atoms with Crippen molar-refractivity contribution in [3.63, 3.8) is 0 Å². The number of hydrogen-bond acceptors (Lipinski definition) is 3. The fourth-order valence-corrected chi connectivity index (χ4v) is 2.85. The van der Waals surface area contributed by atoms with Gasteiger partial charge in [-0.2, -0.15) is 0 Å². The van der Waals surface area contributed by atoms with Crippen molar-refractivity contribution in [2.75, 3.05) is 22.9 Å². The average molecular weight is 353 g/mol. The van der Waals surface area contributed by atoms with Crippen molar-refractivity contribution in [1.29, 1.82) is 0 Å². The van der Waals surface area contributed by atoms with E-state index in [1.54, 1.807) is 49.4 Å². The van der Waals surface area contributed by atoms with Crippen LogP contribution in [0.1, 0.15) is 15.9 Å². The molecule has 0 unspecified atom stereocenters. The smallest absolute Gasteiger partial charge is 0.255 e. The van der Waals surface area contributed by atoms with Crippen molar-refractivity contribution in [2.24, 2.45) is 0 Å². The van der Waals surface area contributed by atoms with E-state index >= 15 is 0 Å². The number of carbonyl (C=O) groups excluding carboxylic acids is 1. The molecule has 0 fully saturated rings. The molecule has 0 radical (unpaired) electrons. The van der Waals surface area contributed by atoms with Crippen molar-refractivity contribution in [3.8, 4) is 0 Å². The van der Waals surface area contributed by atoms with Gasteiger partial charge in [-0.05, 0) is 48.9 Å². The first-order valence-electron chi connectivity index (χ1n) is 6.80. The molecule has 0 saturated heterocycles. The first-order valence-corrected chi connectivity index (χ1v) is 9.02. The second-order valence-corrected chi connectivity index (χ2v) is 7.65. The number of hydrogen-bond donors (Lipinski definition) is 1. The average Bonchev–Trinajstić information content (AvgIpc) is 2.45. The number of rotatable bonds is 4. The van der Waals surface area contributed by atoms with E-state index in [2.05, 4.69) is 5.32 Å². The Bertz CT molecular complexity index is 850. The topological polar surface area (TPSA) is 66.5 Å². The van der Waals surface area contributed by atoms with Gasteiger partial charge in [-0.25, -0.2) is 8.42 Å². The first-order chi connectivity index (χ1) is 10.7. The Morgan fingerprint density at radius 2 is 1.87 bits per heavy atom. The number of anilines is 2. The van der Waals surface area contributed by atoms with E-state index in [9.17, 15) is 13.2 Å². The molecule has 2 aromatic carbocycles. The van der Waals surface area contributed by atoms with Crippen LogP contribution in [0.25, 0.3) is 0 Å². The second kappa shape index (κ2) is 6.60. The lowest BCUT2D eigenvalue weighted by atomic mass is 10.1. The fraction of sp³-hybridized carbons (Fsp3) is 0.188. The lowest BCUT2D eigenvalue weighted by Crippen LogP contribution is -2.25. The predicted molar refractivity (Wildman–Crippen MR) is 93.8 cm³/mol. The molecule has 1 amide bonds. The molecule has 0 bridgehead atoms. The van der Waals surface area contributed by atoms with Crippen molar-refractivity contribution >= 4 is 38.9 Å². The standard InChI is InChI=1S/C16H17ClN2O3S/c1-11-9-12(7-8-15(11)19(2)23(3,21)22)16(20)18-14-6-4-5-13(17)10-14/h4-10H,1-3H3,(H,18,20). The zero-order valence-corrected chi connectivity index (χ0v) is 14.6. The van der Waals surface area contributed by atoms with Gasteiger partial charge in [-0.15, -0.1) is 0 Å². The summed E-state index contributed by atoms with van der Waals surface area (Å²) in [6.45, 7) is 1.76. The SMILES string of the molecule is Cc1cc(C(=O)Nc2cccc(Cl)c2)ccc1N(C)S(C)(=O)=O. The molecule has 7 heteroatoms. The molecule has 1 N–H and O–H groups in total. The molecule has 0 aliphatic carbocycles. The zero-order valence-electron chi connectivity index (χ0n) is 13.0. The summed E-state index contributed by atoms with van der Waals surface area (Å²) >= 11 is 5.88. The van der Waals surface area contributed by atoms with Crippen LogP contribution in [0.2, 0.25) is 5.02 Å². The zero-order chi connectivity index (χ0) is 17.2. The molecule has 2 aromatic rings. The number of nitrogens with zero attached hydrogens (tertiary/aromatic N) is 1. The Kier molecular flexibility index (Phi) is 4.97. The summed E-state index contributed by atoms with van der Waals surface area (Å²) in [6.07, 6.45) is 1.13. The molecule has 0 aliphatic heterocycles. The van der Waals surface area contributed by atoms with Gasteiger partial charge in [-0.1, -0.05) is 17.7 Å². The van der Waals surface area contributed by atoms with Gasteiger partial charge in [0, 0.05) is 23.3 Å². The van der Waals surface area contributed by atoms with Crippen molar-refractivity contribution in [2.45, 2.75) is 6.92 Å². The van der Waals surface area contributed by atoms with Crippen LogP contribution in [-0.4, -0.2) is 27.6 Å². The Morgan fingerprint density at radius 3 is 2.43 bits per heavy atom. The highest BCUT2D eigenvalue weighted by Crippen LogP contribution is 2.23. The van der Waals surface area contributed by atoms with Crippen LogP contribution >= 0.6 is 11.6 Å². The van der Waals surface area contributed by atoms with Crippen LogP contribution in [0.15, 0.2) is 42.5 Å². The highest BCUT2D eigenvalue weighted by molar-refractivity contribution is 7.92. The molecule has 0 heterocycles. The van der Waals surface area contributed by atoms with Gasteiger partial charge in [0.15, 0.2) is 0 Å². The quantitative estimate of drug-likeness (QED) is 0.918. The number of amides is 1. The van der Waals surface area contributed by atoms with E-state index in [1.807, 2.05) is 0 Å². The second-order valence-electron chi connectivity index (χ2n) is 5.20. The fourth-order valence-electron chi connectivity index (χ4n) is 2.10. The Morgan fingerprint density at radius 1 is 1.17 bits per heavy atom. The van der Waals surface area contributed by atoms with Crippen molar-refractivity contribution in [3.05, 3.63) is 58.6 Å². The van der Waals surface area contributed by atoms with Gasteiger partial charge in [0.25, 0.3) is 5.91 Å². The maximum atomic E-state index is 12.3. The molecule has 0 saturated carbocycles. The number of halogens is 1. The van der Waals surface area contributed by atoms with E-state index in [0.717, 1.165) is 6.26 Å². The van der Waals surface area contributed by atoms with Gasteiger partial charge in [-0.3, -0.25) is 9.10 Å². The van der Waals surface area contributed by atoms with Crippen LogP contribution < -0.4 is 9.62 Å². The third-order valence-electron chi connectivity index (χ3n) is 3.38. The monoisotopic (exact) mass is 352 g/mol. The van der Waals surface area contributed by atoms with Crippen LogP contribution in [-0.2, 0) is 10.0 Å². The summed E-state index contributed by atoms with van der Waals surface area (Å²) in [5.74, 6) is -0.288. The van der Waals surface area contributed by atoms with E-state index in [0.29, 0.717) is 27.5 Å². The molecular weight excluding hydrogens is 336 g/mol. The molecule has 0 aliphatic rings. The number of aryl methyl sites for hydroxylation is 1. The molecule has 0 spiro atoms. The maximum absolute atomic E-state index is 12.3. The number of carbonyl (C=O) groups is 1. The van der Waals surface area contributed by atoms with Gasteiger partial charge >= 0.3 is 0 Å². The van der Waals surface area contributed by atoms with Crippen molar-refractivity contribution < 1.29 is 13.2 Å². The minimum atomic E-state index is -3.35. The maximum Gasteiger partial charge on any atom is 0.255 e. The molecular formula is C16H17ClN2O3S. The van der Waals surface area contributed by atoms with Gasteiger partial charge in [0.05, 0.1) is 11.9 Å². The molecule has 5 nitrogen and oxygen atoms in total. The lowest BCUT2D eigenvalue weighted by molar-refractivity contribution is 0.102. The Labute approximate surface area is 140 Å². The summed E-state index contributed by atoms with van der Waals surface area (Å²) < 4.78 is 24.4. The molecule has 0 aromatic heterocycles. The Hall–Kier alpha value is -2.05. The van der Waals surface area contributed by atoms with E-state index < -0.39 is 10.0 Å². The predicted octanol–water partition coefficient (Wildman–Crippen LogP) is 3.30. The normalized spacial score (nSPS) is 11.1. The highest BCUT2D eigenvalue weighted by atomic mass is 35.5. The first kappa shape index (κ1) is 17.3. The Balaban J connectivity index is 2.25. The van der Waals surface area contributed by atoms with E-state index in [4.69, 9.17) is 11.6 Å². The summed E-state index contributed by atoms with van der Waals surface area (Å²) in [5, 5.41) is 3.28. The van der Waals surface area contributed by atoms with Crippen molar-refractivity contribution in [1.82, 2.24) is 0 Å². The van der Waals surface area contributed by atoms with Crippen LogP contribution in [0, 0.1) is 6.92 Å². The minimum absolute atomic E-state index is 0.288. The number of sulfonamides is 1. The minimum Gasteiger partial charge on any atom is -0.322 e. The summed E-state index contributed by atoms with van der Waals surface area (Å²) in [6, 6.07) is 11.7. The van der Waals surface area contributed by atoms with Gasteiger partial charge in [0.1, 0.15) is 0 Å². The van der Waals surface area contributed by atoms with Crippen LogP contribution in [0.5, 0.6) is 0 Å². The molecule has 122 valence electrons. The third kappa shape index (κ3) is 4.24.